The smallest absolute Gasteiger partial charge is 0.294 e. The van der Waals surface area contributed by atoms with Crippen molar-refractivity contribution in [2.45, 2.75) is 20.3 Å². The number of nitrogens with one attached hydrogen (secondary N) is 1. The monoisotopic (exact) mass is 407 g/mol. The van der Waals surface area contributed by atoms with Crippen LogP contribution in [0.15, 0.2) is 30.4 Å². The molecule has 1 aliphatic heterocycles. The van der Waals surface area contributed by atoms with Crippen molar-refractivity contribution in [2.24, 2.45) is 30.7 Å². The van der Waals surface area contributed by atoms with Gasteiger partial charge in [0.15, 0.2) is 0 Å². The molecular weight excluding hydrogens is 386 g/mol. The van der Waals surface area contributed by atoms with E-state index in [1.165, 1.54) is 6.07 Å². The molecule has 1 saturated carbocycles. The Morgan fingerprint density at radius 3 is 2.30 bits per heavy atom. The van der Waals surface area contributed by atoms with Gasteiger partial charge in [0.05, 0.1) is 39.5 Å². The highest BCUT2D eigenvalue weighted by molar-refractivity contribution is 6.23. The first kappa shape index (κ1) is 18.5. The molecule has 2 heterocycles. The number of rotatable bonds is 4. The Balaban J connectivity index is 1.51. The molecule has 4 atom stereocenters. The van der Waals surface area contributed by atoms with E-state index in [9.17, 15) is 19.7 Å². The second-order valence-corrected chi connectivity index (χ2v) is 8.26. The van der Waals surface area contributed by atoms with Gasteiger partial charge in [-0.1, -0.05) is 12.2 Å². The summed E-state index contributed by atoms with van der Waals surface area (Å²) in [5, 5.41) is 19.2. The molecule has 3 aliphatic rings. The number of nitro benzene ring substituents is 1. The van der Waals surface area contributed by atoms with Crippen LogP contribution in [0.5, 0.6) is 0 Å². The number of anilines is 3. The molecule has 2 aliphatic carbocycles. The number of aromatic nitrogens is 2. The van der Waals surface area contributed by atoms with Crippen molar-refractivity contribution in [1.29, 1.82) is 0 Å². The lowest BCUT2D eigenvalue weighted by Gasteiger charge is -2.18. The molecule has 1 aromatic heterocycles. The Morgan fingerprint density at radius 2 is 1.77 bits per heavy atom. The van der Waals surface area contributed by atoms with Gasteiger partial charge in [0.2, 0.25) is 11.8 Å². The van der Waals surface area contributed by atoms with Gasteiger partial charge in [-0.15, -0.1) is 0 Å². The number of carbonyl (C=O) groups excluding carboxylic acids is 2. The fourth-order valence-electron chi connectivity index (χ4n) is 5.16. The van der Waals surface area contributed by atoms with Crippen LogP contribution in [0.3, 0.4) is 0 Å². The number of aryl methyl sites for hydroxylation is 2. The van der Waals surface area contributed by atoms with Crippen LogP contribution in [-0.2, 0) is 16.6 Å². The quantitative estimate of drug-likeness (QED) is 0.361. The molecule has 2 aromatic rings. The Labute approximate surface area is 172 Å². The summed E-state index contributed by atoms with van der Waals surface area (Å²) in [7, 11) is 1.80. The number of hydrogen-bond donors (Lipinski definition) is 1. The maximum absolute atomic E-state index is 13.0. The standard InChI is InChI=1S/C21H21N5O4/c1-10-19(11(2)24(3)23-10)22-15-7-6-14(9-16(15)26(29)30)25-20(27)17-12-4-5-13(8-12)18(17)21(25)28/h4-7,9,12-13,17-18,22H,8H2,1-3H3/t12-,13-,17+,18+/m0/s1. The summed E-state index contributed by atoms with van der Waals surface area (Å²) in [6.45, 7) is 3.68. The number of nitrogens with zero attached hydrogens (tertiary/aromatic N) is 4. The number of amides is 2. The zero-order valence-electron chi connectivity index (χ0n) is 16.8. The molecule has 5 rings (SSSR count). The molecule has 1 N–H and O–H groups in total. The van der Waals surface area contributed by atoms with E-state index in [1.807, 2.05) is 26.0 Å². The highest BCUT2D eigenvalue weighted by Crippen LogP contribution is 2.53. The molecule has 1 aromatic carbocycles. The van der Waals surface area contributed by atoms with E-state index in [-0.39, 0.29) is 52.5 Å². The second kappa shape index (κ2) is 6.25. The van der Waals surface area contributed by atoms with E-state index in [0.29, 0.717) is 11.4 Å². The minimum atomic E-state index is -0.510. The Hall–Kier alpha value is -3.49. The average Bonchev–Trinajstić information content (AvgIpc) is 3.43. The predicted octanol–water partition coefficient (Wildman–Crippen LogP) is 3.00. The zero-order chi connectivity index (χ0) is 21.3. The molecular formula is C21H21N5O4. The van der Waals surface area contributed by atoms with Crippen LogP contribution in [-0.4, -0.2) is 26.5 Å². The third kappa shape index (κ3) is 2.44. The molecule has 0 radical (unpaired) electrons. The molecule has 1 saturated heterocycles. The Kier molecular flexibility index (Phi) is 3.86. The largest absolute Gasteiger partial charge is 0.347 e. The minimum absolute atomic E-state index is 0.0916. The van der Waals surface area contributed by atoms with Crippen LogP contribution in [0.4, 0.5) is 22.7 Å². The lowest BCUT2D eigenvalue weighted by molar-refractivity contribution is -0.383. The molecule has 9 nitrogen and oxygen atoms in total. The third-order valence-corrected chi connectivity index (χ3v) is 6.68. The lowest BCUT2D eigenvalue weighted by Crippen LogP contribution is -2.32. The van der Waals surface area contributed by atoms with Gasteiger partial charge in [-0.05, 0) is 44.2 Å². The first-order valence-corrected chi connectivity index (χ1v) is 9.89. The number of imide groups is 1. The van der Waals surface area contributed by atoms with Gasteiger partial charge >= 0.3 is 0 Å². The Morgan fingerprint density at radius 1 is 1.13 bits per heavy atom. The van der Waals surface area contributed by atoms with Gasteiger partial charge < -0.3 is 5.32 Å². The van der Waals surface area contributed by atoms with Crippen LogP contribution < -0.4 is 10.2 Å². The van der Waals surface area contributed by atoms with Crippen LogP contribution in [0.1, 0.15) is 17.8 Å². The molecule has 154 valence electrons. The summed E-state index contributed by atoms with van der Waals surface area (Å²) >= 11 is 0. The molecule has 30 heavy (non-hydrogen) atoms. The van der Waals surface area contributed by atoms with Crippen molar-refractivity contribution in [3.63, 3.8) is 0 Å². The van der Waals surface area contributed by atoms with Crippen LogP contribution in [0.2, 0.25) is 0 Å². The van der Waals surface area contributed by atoms with Gasteiger partial charge in [-0.2, -0.15) is 5.10 Å². The van der Waals surface area contributed by atoms with Crippen molar-refractivity contribution >= 4 is 34.6 Å². The van der Waals surface area contributed by atoms with E-state index in [4.69, 9.17) is 0 Å². The van der Waals surface area contributed by atoms with Gasteiger partial charge in [-0.25, -0.2) is 4.90 Å². The summed E-state index contributed by atoms with van der Waals surface area (Å²) in [5.41, 5.74) is 2.58. The molecule has 2 fully saturated rings. The van der Waals surface area contributed by atoms with Crippen molar-refractivity contribution in [3.8, 4) is 0 Å². The van der Waals surface area contributed by atoms with Crippen molar-refractivity contribution in [3.05, 3.63) is 51.9 Å². The fourth-order valence-corrected chi connectivity index (χ4v) is 5.16. The maximum Gasteiger partial charge on any atom is 0.294 e. The van der Waals surface area contributed by atoms with Crippen LogP contribution in [0, 0.1) is 47.6 Å². The van der Waals surface area contributed by atoms with Gasteiger partial charge in [0.25, 0.3) is 5.69 Å². The number of carbonyl (C=O) groups is 2. The second-order valence-electron chi connectivity index (χ2n) is 8.26. The van der Waals surface area contributed by atoms with E-state index in [2.05, 4.69) is 10.4 Å². The molecule has 9 heteroatoms. The summed E-state index contributed by atoms with van der Waals surface area (Å²) in [4.78, 5) is 38.4. The van der Waals surface area contributed by atoms with E-state index in [1.54, 1.807) is 23.9 Å². The summed E-state index contributed by atoms with van der Waals surface area (Å²) < 4.78 is 1.69. The molecule has 2 amide bonds. The lowest BCUT2D eigenvalue weighted by atomic mass is 9.85. The number of allylic oxidation sites excluding steroid dienone is 2. The normalized spacial score (nSPS) is 26.6. The average molecular weight is 407 g/mol. The predicted molar refractivity (Wildman–Crippen MR) is 109 cm³/mol. The summed E-state index contributed by atoms with van der Waals surface area (Å²) in [6, 6.07) is 4.43. The topological polar surface area (TPSA) is 110 Å². The van der Waals surface area contributed by atoms with Gasteiger partial charge in [0.1, 0.15) is 5.69 Å². The van der Waals surface area contributed by atoms with Crippen molar-refractivity contribution < 1.29 is 14.5 Å². The number of benzene rings is 1. The summed E-state index contributed by atoms with van der Waals surface area (Å²) in [5.74, 6) is -1.01. The Bertz CT molecular complexity index is 1120. The summed E-state index contributed by atoms with van der Waals surface area (Å²) in [6.07, 6.45) is 4.89. The fraction of sp³-hybridized carbons (Fsp3) is 0.381. The minimum Gasteiger partial charge on any atom is -0.347 e. The van der Waals surface area contributed by atoms with Gasteiger partial charge in [0, 0.05) is 13.1 Å². The van der Waals surface area contributed by atoms with E-state index < -0.39 is 4.92 Å². The molecule has 2 bridgehead atoms. The number of nitro groups is 1. The highest BCUT2D eigenvalue weighted by Gasteiger charge is 2.59. The number of hydrogen-bond acceptors (Lipinski definition) is 6. The van der Waals surface area contributed by atoms with E-state index >= 15 is 0 Å². The third-order valence-electron chi connectivity index (χ3n) is 6.68. The first-order valence-electron chi connectivity index (χ1n) is 9.89. The number of fused-ring (bicyclic) bond motifs is 5. The highest BCUT2D eigenvalue weighted by atomic mass is 16.6. The van der Waals surface area contributed by atoms with Crippen molar-refractivity contribution in [2.75, 3.05) is 10.2 Å². The molecule has 0 spiro atoms. The maximum atomic E-state index is 13.0. The SMILES string of the molecule is Cc1nn(C)c(C)c1Nc1ccc(N2C(=O)[C@H]3[C@H](C2=O)[C@H]2C=C[C@H]3C2)cc1[N+](=O)[O-]. The van der Waals surface area contributed by atoms with E-state index in [0.717, 1.165) is 17.0 Å². The van der Waals surface area contributed by atoms with Gasteiger partial charge in [-0.3, -0.25) is 24.4 Å². The van der Waals surface area contributed by atoms with Crippen molar-refractivity contribution in [1.82, 2.24) is 9.78 Å². The zero-order valence-corrected chi connectivity index (χ0v) is 16.8. The first-order chi connectivity index (χ1) is 14.3. The van der Waals surface area contributed by atoms with Crippen LogP contribution in [0.25, 0.3) is 0 Å². The molecule has 0 unspecified atom stereocenters. The van der Waals surface area contributed by atoms with Crippen LogP contribution >= 0.6 is 0 Å².